The molecule has 0 amide bonds. The van der Waals surface area contributed by atoms with Gasteiger partial charge >= 0.3 is 0 Å². The van der Waals surface area contributed by atoms with Crippen LogP contribution in [0.25, 0.3) is 0 Å². The van der Waals surface area contributed by atoms with Gasteiger partial charge in [-0.3, -0.25) is 0 Å². The van der Waals surface area contributed by atoms with Gasteiger partial charge in [0.25, 0.3) is 0 Å². The summed E-state index contributed by atoms with van der Waals surface area (Å²) >= 11 is 0. The van der Waals surface area contributed by atoms with Crippen molar-refractivity contribution >= 4 is 0 Å². The van der Waals surface area contributed by atoms with Crippen LogP contribution >= 0.6 is 0 Å². The molecule has 13 heavy (non-hydrogen) atoms. The topological polar surface area (TPSA) is 29.5 Å². The summed E-state index contributed by atoms with van der Waals surface area (Å²) < 4.78 is 5.44. The van der Waals surface area contributed by atoms with Gasteiger partial charge in [-0.2, -0.15) is 0 Å². The Morgan fingerprint density at radius 3 is 2.38 bits per heavy atom. The standard InChI is InChI=1S/C11H16O2/c1-9(12)10(2)13-8-11-6-4-3-5-7-11/h3-7,9-10,12H,8H2,1-2H3/t9-,10-/m1/s1. The molecule has 0 fully saturated rings. The van der Waals surface area contributed by atoms with Crippen molar-refractivity contribution in [3.05, 3.63) is 35.9 Å². The SMILES string of the molecule is C[C@@H](O)[C@@H](C)OCc1ccccc1. The molecule has 0 unspecified atom stereocenters. The van der Waals surface area contributed by atoms with E-state index in [9.17, 15) is 5.11 Å². The number of ether oxygens (including phenoxy) is 1. The van der Waals surface area contributed by atoms with Crippen LogP contribution in [-0.2, 0) is 11.3 Å². The number of hydrogen-bond donors (Lipinski definition) is 1. The minimum atomic E-state index is -0.413. The van der Waals surface area contributed by atoms with E-state index in [1.54, 1.807) is 6.92 Å². The summed E-state index contributed by atoms with van der Waals surface area (Å²) in [7, 11) is 0. The minimum absolute atomic E-state index is 0.111. The van der Waals surface area contributed by atoms with Crippen LogP contribution in [0.1, 0.15) is 19.4 Å². The van der Waals surface area contributed by atoms with Crippen LogP contribution in [0, 0.1) is 0 Å². The summed E-state index contributed by atoms with van der Waals surface area (Å²) in [6.45, 7) is 4.16. The molecule has 2 nitrogen and oxygen atoms in total. The normalized spacial score (nSPS) is 15.3. The van der Waals surface area contributed by atoms with Crippen LogP contribution in [0.2, 0.25) is 0 Å². The largest absolute Gasteiger partial charge is 0.391 e. The molecule has 0 saturated heterocycles. The first-order valence-electron chi connectivity index (χ1n) is 4.53. The molecule has 0 saturated carbocycles. The molecule has 1 N–H and O–H groups in total. The van der Waals surface area contributed by atoms with E-state index < -0.39 is 6.10 Å². The lowest BCUT2D eigenvalue weighted by Crippen LogP contribution is -2.22. The van der Waals surface area contributed by atoms with E-state index in [-0.39, 0.29) is 6.10 Å². The highest BCUT2D eigenvalue weighted by atomic mass is 16.5. The summed E-state index contributed by atoms with van der Waals surface area (Å²) in [6.07, 6.45) is -0.524. The van der Waals surface area contributed by atoms with Gasteiger partial charge in [0.2, 0.25) is 0 Å². The van der Waals surface area contributed by atoms with Crippen molar-refractivity contribution < 1.29 is 9.84 Å². The number of aliphatic hydroxyl groups is 1. The summed E-state index contributed by atoms with van der Waals surface area (Å²) in [6, 6.07) is 9.95. The van der Waals surface area contributed by atoms with E-state index in [0.29, 0.717) is 6.61 Å². The lowest BCUT2D eigenvalue weighted by molar-refractivity contribution is -0.0268. The zero-order chi connectivity index (χ0) is 9.68. The maximum atomic E-state index is 9.17. The number of rotatable bonds is 4. The van der Waals surface area contributed by atoms with E-state index in [1.807, 2.05) is 37.3 Å². The van der Waals surface area contributed by atoms with Crippen LogP contribution in [0.5, 0.6) is 0 Å². The second-order valence-corrected chi connectivity index (χ2v) is 3.24. The molecule has 1 rings (SSSR count). The maximum Gasteiger partial charge on any atom is 0.0807 e. The van der Waals surface area contributed by atoms with Crippen LogP contribution in [0.3, 0.4) is 0 Å². The van der Waals surface area contributed by atoms with Crippen LogP contribution in [0.4, 0.5) is 0 Å². The van der Waals surface area contributed by atoms with Gasteiger partial charge in [0.1, 0.15) is 0 Å². The Morgan fingerprint density at radius 2 is 1.85 bits per heavy atom. The third-order valence-electron chi connectivity index (χ3n) is 2.04. The Kier molecular flexibility index (Phi) is 3.93. The smallest absolute Gasteiger partial charge is 0.0807 e. The molecule has 2 heteroatoms. The molecule has 0 heterocycles. The summed E-state index contributed by atoms with van der Waals surface area (Å²) in [5.74, 6) is 0. The first-order valence-corrected chi connectivity index (χ1v) is 4.53. The Bertz CT molecular complexity index is 231. The lowest BCUT2D eigenvalue weighted by atomic mass is 10.2. The van der Waals surface area contributed by atoms with Gasteiger partial charge in [-0.05, 0) is 19.4 Å². The van der Waals surface area contributed by atoms with Crippen molar-refractivity contribution in [2.75, 3.05) is 0 Å². The monoisotopic (exact) mass is 180 g/mol. The maximum absolute atomic E-state index is 9.17. The van der Waals surface area contributed by atoms with Gasteiger partial charge < -0.3 is 9.84 Å². The van der Waals surface area contributed by atoms with Crippen molar-refractivity contribution in [2.24, 2.45) is 0 Å². The molecule has 1 aromatic rings. The molecule has 72 valence electrons. The van der Waals surface area contributed by atoms with E-state index in [4.69, 9.17) is 4.74 Å². The molecule has 0 aliphatic heterocycles. The highest BCUT2D eigenvalue weighted by Crippen LogP contribution is 2.05. The van der Waals surface area contributed by atoms with Gasteiger partial charge in [0, 0.05) is 0 Å². The number of aliphatic hydroxyl groups excluding tert-OH is 1. The third kappa shape index (κ3) is 3.57. The first kappa shape index (κ1) is 10.2. The van der Waals surface area contributed by atoms with Crippen molar-refractivity contribution in [3.8, 4) is 0 Å². The van der Waals surface area contributed by atoms with E-state index in [0.717, 1.165) is 5.56 Å². The quantitative estimate of drug-likeness (QED) is 0.767. The fraction of sp³-hybridized carbons (Fsp3) is 0.455. The summed E-state index contributed by atoms with van der Waals surface area (Å²) in [5, 5.41) is 9.17. The second-order valence-electron chi connectivity index (χ2n) is 3.24. The molecular formula is C11H16O2. The fourth-order valence-electron chi connectivity index (χ4n) is 0.941. The first-order chi connectivity index (χ1) is 6.20. The minimum Gasteiger partial charge on any atom is -0.391 e. The molecule has 0 radical (unpaired) electrons. The predicted molar refractivity (Wildman–Crippen MR) is 52.4 cm³/mol. The van der Waals surface area contributed by atoms with E-state index in [1.165, 1.54) is 0 Å². The highest BCUT2D eigenvalue weighted by molar-refractivity contribution is 5.13. The molecule has 0 aliphatic rings. The number of benzene rings is 1. The molecule has 0 aromatic heterocycles. The van der Waals surface area contributed by atoms with Gasteiger partial charge in [0.15, 0.2) is 0 Å². The lowest BCUT2D eigenvalue weighted by Gasteiger charge is -2.15. The Labute approximate surface area is 79.2 Å². The highest BCUT2D eigenvalue weighted by Gasteiger charge is 2.08. The molecule has 0 bridgehead atoms. The third-order valence-corrected chi connectivity index (χ3v) is 2.04. The average molecular weight is 180 g/mol. The average Bonchev–Trinajstić information content (AvgIpc) is 2.15. The van der Waals surface area contributed by atoms with Gasteiger partial charge in [0.05, 0.1) is 18.8 Å². The van der Waals surface area contributed by atoms with Gasteiger partial charge in [-0.15, -0.1) is 0 Å². The van der Waals surface area contributed by atoms with E-state index >= 15 is 0 Å². The van der Waals surface area contributed by atoms with Crippen molar-refractivity contribution in [3.63, 3.8) is 0 Å². The molecular weight excluding hydrogens is 164 g/mol. The van der Waals surface area contributed by atoms with Crippen molar-refractivity contribution in [2.45, 2.75) is 32.7 Å². The second kappa shape index (κ2) is 5.00. The van der Waals surface area contributed by atoms with E-state index in [2.05, 4.69) is 0 Å². The fourth-order valence-corrected chi connectivity index (χ4v) is 0.941. The molecule has 1 aromatic carbocycles. The van der Waals surface area contributed by atoms with Crippen molar-refractivity contribution in [1.29, 1.82) is 0 Å². The Balaban J connectivity index is 2.35. The molecule has 0 spiro atoms. The molecule has 2 atom stereocenters. The van der Waals surface area contributed by atoms with Crippen LogP contribution < -0.4 is 0 Å². The zero-order valence-corrected chi connectivity index (χ0v) is 8.10. The summed E-state index contributed by atoms with van der Waals surface area (Å²) in [4.78, 5) is 0. The van der Waals surface area contributed by atoms with Crippen LogP contribution in [-0.4, -0.2) is 17.3 Å². The summed E-state index contributed by atoms with van der Waals surface area (Å²) in [5.41, 5.74) is 1.13. The zero-order valence-electron chi connectivity index (χ0n) is 8.10. The predicted octanol–water partition coefficient (Wildman–Crippen LogP) is 1.97. The Morgan fingerprint density at radius 1 is 1.23 bits per heavy atom. The van der Waals surface area contributed by atoms with Crippen molar-refractivity contribution in [1.82, 2.24) is 0 Å². The van der Waals surface area contributed by atoms with Crippen LogP contribution in [0.15, 0.2) is 30.3 Å². The van der Waals surface area contributed by atoms with Gasteiger partial charge in [-0.25, -0.2) is 0 Å². The van der Waals surface area contributed by atoms with Gasteiger partial charge in [-0.1, -0.05) is 30.3 Å². The molecule has 0 aliphatic carbocycles. The Hall–Kier alpha value is -0.860. The number of hydrogen-bond acceptors (Lipinski definition) is 2.